The minimum Gasteiger partial charge on any atom is -0.493 e. The third kappa shape index (κ3) is 3.14. The van der Waals surface area contributed by atoms with Crippen molar-refractivity contribution in [3.8, 4) is 17.6 Å². The maximum Gasteiger partial charge on any atom is 0.253 e. The second-order valence-corrected chi connectivity index (χ2v) is 3.70. The van der Waals surface area contributed by atoms with Crippen molar-refractivity contribution in [2.45, 2.75) is 6.42 Å². The first-order valence-electron chi connectivity index (χ1n) is 5.48. The lowest BCUT2D eigenvalue weighted by Gasteiger charge is -2.16. The molecule has 18 heavy (non-hydrogen) atoms. The summed E-state index contributed by atoms with van der Waals surface area (Å²) < 4.78 is 10.2. The smallest absolute Gasteiger partial charge is 0.253 e. The molecule has 0 aliphatic heterocycles. The highest BCUT2D eigenvalue weighted by Crippen LogP contribution is 2.27. The van der Waals surface area contributed by atoms with Crippen LogP contribution in [0.25, 0.3) is 0 Å². The lowest BCUT2D eigenvalue weighted by molar-refractivity contribution is 0.0797. The summed E-state index contributed by atoms with van der Waals surface area (Å²) in [5.41, 5.74) is 0.507. The highest BCUT2D eigenvalue weighted by molar-refractivity contribution is 5.94. The number of carbonyl (C=O) groups is 1. The van der Waals surface area contributed by atoms with Gasteiger partial charge in [0.25, 0.3) is 5.91 Å². The lowest BCUT2D eigenvalue weighted by Crippen LogP contribution is -2.27. The molecular formula is C13H16N2O3. The minimum atomic E-state index is -0.147. The third-order valence-corrected chi connectivity index (χ3v) is 2.54. The Morgan fingerprint density at radius 2 is 2.00 bits per heavy atom. The molecule has 5 heteroatoms. The Balaban J connectivity index is 2.90. The van der Waals surface area contributed by atoms with Gasteiger partial charge in [0.15, 0.2) is 11.5 Å². The second kappa shape index (κ2) is 6.50. The third-order valence-electron chi connectivity index (χ3n) is 2.54. The topological polar surface area (TPSA) is 62.6 Å². The van der Waals surface area contributed by atoms with Crippen molar-refractivity contribution >= 4 is 5.91 Å². The van der Waals surface area contributed by atoms with Crippen molar-refractivity contribution in [1.29, 1.82) is 5.26 Å². The van der Waals surface area contributed by atoms with E-state index < -0.39 is 0 Å². The van der Waals surface area contributed by atoms with E-state index in [0.29, 0.717) is 30.0 Å². The molecule has 0 bridgehead atoms. The van der Waals surface area contributed by atoms with E-state index in [1.54, 1.807) is 32.4 Å². The fourth-order valence-corrected chi connectivity index (χ4v) is 1.51. The zero-order valence-corrected chi connectivity index (χ0v) is 10.8. The van der Waals surface area contributed by atoms with Gasteiger partial charge in [0.05, 0.1) is 26.7 Å². The Bertz CT molecular complexity index is 466. The van der Waals surface area contributed by atoms with Crippen LogP contribution in [0.2, 0.25) is 0 Å². The van der Waals surface area contributed by atoms with Crippen LogP contribution in [0.15, 0.2) is 18.2 Å². The molecular weight excluding hydrogens is 232 g/mol. The Labute approximate surface area is 107 Å². The van der Waals surface area contributed by atoms with Crippen molar-refractivity contribution in [3.63, 3.8) is 0 Å². The van der Waals surface area contributed by atoms with Crippen LogP contribution in [0.3, 0.4) is 0 Å². The standard InChI is InChI=1S/C13H16N2O3/c1-15(8-4-7-14)13(16)10-5-6-11(17-2)12(9-10)18-3/h5-6,9H,4,8H2,1-3H3. The molecule has 0 aliphatic rings. The number of hydrogen-bond donors (Lipinski definition) is 0. The quantitative estimate of drug-likeness (QED) is 0.795. The first-order chi connectivity index (χ1) is 8.63. The van der Waals surface area contributed by atoms with E-state index in [2.05, 4.69) is 0 Å². The molecule has 5 nitrogen and oxygen atoms in total. The average Bonchev–Trinajstić information content (AvgIpc) is 2.42. The number of amides is 1. The highest BCUT2D eigenvalue weighted by Gasteiger charge is 2.14. The van der Waals surface area contributed by atoms with Crippen molar-refractivity contribution < 1.29 is 14.3 Å². The highest BCUT2D eigenvalue weighted by atomic mass is 16.5. The van der Waals surface area contributed by atoms with Crippen LogP contribution < -0.4 is 9.47 Å². The summed E-state index contributed by atoms with van der Waals surface area (Å²) >= 11 is 0. The Morgan fingerprint density at radius 1 is 1.33 bits per heavy atom. The van der Waals surface area contributed by atoms with E-state index >= 15 is 0 Å². The van der Waals surface area contributed by atoms with Gasteiger partial charge in [-0.15, -0.1) is 0 Å². The van der Waals surface area contributed by atoms with Gasteiger partial charge in [0, 0.05) is 19.2 Å². The first kappa shape index (κ1) is 13.8. The molecule has 0 radical (unpaired) electrons. The Morgan fingerprint density at radius 3 is 2.56 bits per heavy atom. The molecule has 0 N–H and O–H groups in total. The molecule has 0 saturated carbocycles. The molecule has 0 fully saturated rings. The van der Waals surface area contributed by atoms with E-state index in [4.69, 9.17) is 14.7 Å². The largest absolute Gasteiger partial charge is 0.493 e. The SMILES string of the molecule is COc1ccc(C(=O)N(C)CCC#N)cc1OC. The average molecular weight is 248 g/mol. The number of carbonyl (C=O) groups excluding carboxylic acids is 1. The molecule has 0 aromatic heterocycles. The van der Waals surface area contributed by atoms with Gasteiger partial charge in [-0.2, -0.15) is 5.26 Å². The molecule has 1 aromatic carbocycles. The van der Waals surface area contributed by atoms with Crippen LogP contribution in [0.4, 0.5) is 0 Å². The van der Waals surface area contributed by atoms with Crippen LogP contribution in [0, 0.1) is 11.3 Å². The summed E-state index contributed by atoms with van der Waals surface area (Å²) in [6, 6.07) is 6.99. The summed E-state index contributed by atoms with van der Waals surface area (Å²) in [6.45, 7) is 0.406. The van der Waals surface area contributed by atoms with Crippen molar-refractivity contribution in [2.24, 2.45) is 0 Å². The number of rotatable bonds is 5. The Hall–Kier alpha value is -2.22. The summed E-state index contributed by atoms with van der Waals surface area (Å²) in [5, 5.41) is 8.49. The monoisotopic (exact) mass is 248 g/mol. The summed E-state index contributed by atoms with van der Waals surface area (Å²) in [5.74, 6) is 0.942. The number of methoxy groups -OCH3 is 2. The molecule has 0 spiro atoms. The van der Waals surface area contributed by atoms with Crippen molar-refractivity contribution in [2.75, 3.05) is 27.8 Å². The molecule has 0 aliphatic carbocycles. The van der Waals surface area contributed by atoms with Gasteiger partial charge in [0.2, 0.25) is 0 Å². The van der Waals surface area contributed by atoms with Gasteiger partial charge in [-0.05, 0) is 18.2 Å². The molecule has 0 unspecified atom stereocenters. The predicted octanol–water partition coefficient (Wildman–Crippen LogP) is 1.69. The van der Waals surface area contributed by atoms with E-state index in [1.165, 1.54) is 12.0 Å². The van der Waals surface area contributed by atoms with Crippen LogP contribution >= 0.6 is 0 Å². The zero-order valence-electron chi connectivity index (χ0n) is 10.8. The van der Waals surface area contributed by atoms with E-state index in [0.717, 1.165) is 0 Å². The summed E-state index contributed by atoms with van der Waals surface area (Å²) in [7, 11) is 4.72. The normalized spacial score (nSPS) is 9.44. The van der Waals surface area contributed by atoms with Gasteiger partial charge in [-0.25, -0.2) is 0 Å². The van der Waals surface area contributed by atoms with Gasteiger partial charge < -0.3 is 14.4 Å². The van der Waals surface area contributed by atoms with Gasteiger partial charge in [-0.1, -0.05) is 0 Å². The molecule has 1 rings (SSSR count). The van der Waals surface area contributed by atoms with Crippen LogP contribution in [0.1, 0.15) is 16.8 Å². The minimum absolute atomic E-state index is 0.147. The number of ether oxygens (including phenoxy) is 2. The maximum atomic E-state index is 12.0. The van der Waals surface area contributed by atoms with Gasteiger partial charge in [-0.3, -0.25) is 4.79 Å². The molecule has 96 valence electrons. The van der Waals surface area contributed by atoms with E-state index in [9.17, 15) is 4.79 Å². The number of nitrogens with zero attached hydrogens (tertiary/aromatic N) is 2. The van der Waals surface area contributed by atoms with Crippen LogP contribution in [0.5, 0.6) is 11.5 Å². The second-order valence-electron chi connectivity index (χ2n) is 3.70. The maximum absolute atomic E-state index is 12.0. The predicted molar refractivity (Wildman–Crippen MR) is 66.7 cm³/mol. The van der Waals surface area contributed by atoms with Crippen molar-refractivity contribution in [3.05, 3.63) is 23.8 Å². The molecule has 0 saturated heterocycles. The first-order valence-corrected chi connectivity index (χ1v) is 5.48. The van der Waals surface area contributed by atoms with E-state index in [-0.39, 0.29) is 5.91 Å². The van der Waals surface area contributed by atoms with Crippen LogP contribution in [-0.4, -0.2) is 38.6 Å². The van der Waals surface area contributed by atoms with Gasteiger partial charge in [0.1, 0.15) is 0 Å². The number of benzene rings is 1. The van der Waals surface area contributed by atoms with Gasteiger partial charge >= 0.3 is 0 Å². The fourth-order valence-electron chi connectivity index (χ4n) is 1.51. The lowest BCUT2D eigenvalue weighted by atomic mass is 10.1. The molecule has 1 aromatic rings. The Kier molecular flexibility index (Phi) is 5.00. The van der Waals surface area contributed by atoms with E-state index in [1.807, 2.05) is 6.07 Å². The molecule has 0 atom stereocenters. The zero-order chi connectivity index (χ0) is 13.5. The molecule has 0 heterocycles. The van der Waals surface area contributed by atoms with Crippen LogP contribution in [-0.2, 0) is 0 Å². The number of nitriles is 1. The number of hydrogen-bond acceptors (Lipinski definition) is 4. The molecule has 1 amide bonds. The summed E-state index contributed by atoms with van der Waals surface area (Å²) in [4.78, 5) is 13.5. The fraction of sp³-hybridized carbons (Fsp3) is 0.385. The van der Waals surface area contributed by atoms with Crippen molar-refractivity contribution in [1.82, 2.24) is 4.90 Å². The summed E-state index contributed by atoms with van der Waals surface area (Å²) in [6.07, 6.45) is 0.315.